The molecule has 0 aromatic heterocycles. The molecule has 0 atom stereocenters. The predicted octanol–water partition coefficient (Wildman–Crippen LogP) is 5.39. The van der Waals surface area contributed by atoms with Gasteiger partial charge in [0.05, 0.1) is 21.4 Å². The summed E-state index contributed by atoms with van der Waals surface area (Å²) in [6, 6.07) is 16.9. The first-order chi connectivity index (χ1) is 15.8. The van der Waals surface area contributed by atoms with Crippen molar-refractivity contribution in [3.63, 3.8) is 0 Å². The van der Waals surface area contributed by atoms with Crippen molar-refractivity contribution in [2.75, 3.05) is 15.5 Å². The van der Waals surface area contributed by atoms with Gasteiger partial charge in [0.1, 0.15) is 16.5 Å². The highest BCUT2D eigenvalue weighted by atomic mass is 35.5. The molecule has 0 fully saturated rings. The molecule has 0 saturated heterocycles. The van der Waals surface area contributed by atoms with Crippen LogP contribution in [0, 0.1) is 0 Å². The van der Waals surface area contributed by atoms with E-state index in [0.29, 0.717) is 5.69 Å². The summed E-state index contributed by atoms with van der Waals surface area (Å²) in [6.07, 6.45) is 0. The molecular weight excluding hydrogens is 489 g/mol. The maximum absolute atomic E-state index is 12.9. The van der Waals surface area contributed by atoms with Crippen LogP contribution in [0.5, 0.6) is 5.75 Å². The first-order valence-corrected chi connectivity index (χ1v) is 10.6. The Morgan fingerprint density at radius 2 is 1.61 bits per heavy atom. The third-order valence-electron chi connectivity index (χ3n) is 4.74. The molecule has 0 radical (unpaired) electrons. The zero-order chi connectivity index (χ0) is 23.7. The third-order valence-corrected chi connectivity index (χ3v) is 5.82. The standard InChI is InChI=1S/C23H14Cl3N3O4/c24-15-9-8-14(11-16(15)25)29-22(32)19(26)20(23(29)33)27-13-5-3-4-12(10-13)21(31)28-17-6-1-2-7-18(17)30/h1-11,27,30H,(H,28,31). The molecule has 3 N–H and O–H groups in total. The molecule has 0 saturated carbocycles. The Balaban J connectivity index is 1.56. The maximum atomic E-state index is 12.9. The zero-order valence-electron chi connectivity index (χ0n) is 16.6. The molecule has 3 aromatic rings. The van der Waals surface area contributed by atoms with Gasteiger partial charge < -0.3 is 15.7 Å². The first kappa shape index (κ1) is 22.7. The topological polar surface area (TPSA) is 98.7 Å². The predicted molar refractivity (Wildman–Crippen MR) is 128 cm³/mol. The number of imide groups is 1. The third kappa shape index (κ3) is 4.52. The van der Waals surface area contributed by atoms with Crippen LogP contribution < -0.4 is 15.5 Å². The molecule has 1 aliphatic heterocycles. The molecule has 3 amide bonds. The van der Waals surface area contributed by atoms with Crippen LogP contribution in [0.2, 0.25) is 10.0 Å². The van der Waals surface area contributed by atoms with Crippen LogP contribution in [-0.4, -0.2) is 22.8 Å². The van der Waals surface area contributed by atoms with E-state index in [4.69, 9.17) is 34.8 Å². The lowest BCUT2D eigenvalue weighted by Gasteiger charge is -2.16. The SMILES string of the molecule is O=C(Nc1ccccc1O)c1cccc(NC2=C(Cl)C(=O)N(c3ccc(Cl)c(Cl)c3)C2=O)c1. The van der Waals surface area contributed by atoms with Crippen molar-refractivity contribution in [3.05, 3.63) is 93.1 Å². The molecule has 10 heteroatoms. The van der Waals surface area contributed by atoms with Gasteiger partial charge in [0, 0.05) is 11.3 Å². The number of carbonyl (C=O) groups is 3. The van der Waals surface area contributed by atoms with E-state index in [0.717, 1.165) is 4.90 Å². The maximum Gasteiger partial charge on any atom is 0.283 e. The van der Waals surface area contributed by atoms with Gasteiger partial charge in [-0.05, 0) is 48.5 Å². The molecule has 1 aliphatic rings. The summed E-state index contributed by atoms with van der Waals surface area (Å²) >= 11 is 18.1. The van der Waals surface area contributed by atoms with Gasteiger partial charge in [0.25, 0.3) is 17.7 Å². The minimum atomic E-state index is -0.726. The minimum absolute atomic E-state index is 0.0745. The number of phenolic OH excluding ortho intramolecular Hbond substituents is 1. The molecule has 166 valence electrons. The summed E-state index contributed by atoms with van der Waals surface area (Å²) < 4.78 is 0. The molecular formula is C23H14Cl3N3O4. The van der Waals surface area contributed by atoms with E-state index in [1.54, 1.807) is 36.4 Å². The van der Waals surface area contributed by atoms with Gasteiger partial charge in [0.2, 0.25) is 0 Å². The number of amides is 3. The lowest BCUT2D eigenvalue weighted by Crippen LogP contribution is -2.32. The van der Waals surface area contributed by atoms with E-state index in [9.17, 15) is 19.5 Å². The molecule has 0 bridgehead atoms. The van der Waals surface area contributed by atoms with Crippen molar-refractivity contribution in [2.45, 2.75) is 0 Å². The van der Waals surface area contributed by atoms with Gasteiger partial charge in [-0.1, -0.05) is 53.0 Å². The number of hydrogen-bond donors (Lipinski definition) is 3. The van der Waals surface area contributed by atoms with Crippen LogP contribution in [0.15, 0.2) is 77.5 Å². The van der Waals surface area contributed by atoms with E-state index in [1.807, 2.05) is 0 Å². The van der Waals surface area contributed by atoms with Crippen molar-refractivity contribution in [2.24, 2.45) is 0 Å². The minimum Gasteiger partial charge on any atom is -0.506 e. The monoisotopic (exact) mass is 501 g/mol. The molecule has 7 nitrogen and oxygen atoms in total. The molecule has 0 aliphatic carbocycles. The second kappa shape index (κ2) is 9.15. The molecule has 0 spiro atoms. The number of phenols is 1. The van der Waals surface area contributed by atoms with E-state index >= 15 is 0 Å². The Hall–Kier alpha value is -3.52. The Labute approximate surface area is 203 Å². The summed E-state index contributed by atoms with van der Waals surface area (Å²) in [7, 11) is 0. The Morgan fingerprint density at radius 3 is 2.33 bits per heavy atom. The summed E-state index contributed by atoms with van der Waals surface area (Å²) in [6.45, 7) is 0. The van der Waals surface area contributed by atoms with E-state index in [-0.39, 0.29) is 43.5 Å². The van der Waals surface area contributed by atoms with Crippen molar-refractivity contribution >= 4 is 69.6 Å². The Bertz CT molecular complexity index is 1340. The van der Waals surface area contributed by atoms with Gasteiger partial charge in [-0.25, -0.2) is 4.90 Å². The summed E-state index contributed by atoms with van der Waals surface area (Å²) in [5, 5.41) is 15.4. The van der Waals surface area contributed by atoms with Gasteiger partial charge >= 0.3 is 0 Å². The van der Waals surface area contributed by atoms with Crippen LogP contribution in [0.4, 0.5) is 17.1 Å². The van der Waals surface area contributed by atoms with Crippen LogP contribution in [0.3, 0.4) is 0 Å². The highest BCUT2D eigenvalue weighted by Crippen LogP contribution is 2.33. The largest absolute Gasteiger partial charge is 0.506 e. The van der Waals surface area contributed by atoms with Gasteiger partial charge in [-0.2, -0.15) is 0 Å². The smallest absolute Gasteiger partial charge is 0.283 e. The first-order valence-electron chi connectivity index (χ1n) is 9.46. The van der Waals surface area contributed by atoms with E-state index < -0.39 is 17.7 Å². The number of aromatic hydroxyl groups is 1. The van der Waals surface area contributed by atoms with Crippen LogP contribution in [-0.2, 0) is 9.59 Å². The van der Waals surface area contributed by atoms with Crippen molar-refractivity contribution in [1.29, 1.82) is 0 Å². The van der Waals surface area contributed by atoms with Crippen molar-refractivity contribution in [3.8, 4) is 5.75 Å². The highest BCUT2D eigenvalue weighted by molar-refractivity contribution is 6.53. The van der Waals surface area contributed by atoms with Crippen LogP contribution in [0.25, 0.3) is 0 Å². The van der Waals surface area contributed by atoms with E-state index in [1.165, 1.54) is 30.3 Å². The van der Waals surface area contributed by atoms with Crippen LogP contribution >= 0.6 is 34.8 Å². The summed E-state index contributed by atoms with van der Waals surface area (Å²) in [4.78, 5) is 39.0. The lowest BCUT2D eigenvalue weighted by molar-refractivity contribution is -0.120. The summed E-state index contributed by atoms with van der Waals surface area (Å²) in [5.74, 6) is -1.97. The van der Waals surface area contributed by atoms with E-state index in [2.05, 4.69) is 10.6 Å². The number of anilines is 3. The lowest BCUT2D eigenvalue weighted by atomic mass is 10.1. The Kier molecular flexibility index (Phi) is 6.29. The van der Waals surface area contributed by atoms with Gasteiger partial charge in [0.15, 0.2) is 0 Å². The van der Waals surface area contributed by atoms with Crippen molar-refractivity contribution in [1.82, 2.24) is 0 Å². The number of hydrogen-bond acceptors (Lipinski definition) is 5. The van der Waals surface area contributed by atoms with Gasteiger partial charge in [-0.3, -0.25) is 14.4 Å². The fourth-order valence-corrected chi connectivity index (χ4v) is 3.63. The molecule has 4 rings (SSSR count). The number of carbonyl (C=O) groups excluding carboxylic acids is 3. The summed E-state index contributed by atoms with van der Waals surface area (Å²) in [5.41, 5.74) is 0.917. The van der Waals surface area contributed by atoms with Crippen molar-refractivity contribution < 1.29 is 19.5 Å². The fourth-order valence-electron chi connectivity index (χ4n) is 3.13. The zero-order valence-corrected chi connectivity index (χ0v) is 18.9. The molecule has 1 heterocycles. The number of benzene rings is 3. The number of rotatable bonds is 5. The molecule has 33 heavy (non-hydrogen) atoms. The molecule has 3 aromatic carbocycles. The fraction of sp³-hybridized carbons (Fsp3) is 0. The average Bonchev–Trinajstić information content (AvgIpc) is 3.00. The number of para-hydroxylation sites is 2. The second-order valence-corrected chi connectivity index (χ2v) is 8.10. The number of nitrogens with one attached hydrogen (secondary N) is 2. The average molecular weight is 503 g/mol. The number of halogens is 3. The normalized spacial score (nSPS) is 13.5. The Morgan fingerprint density at radius 1 is 0.848 bits per heavy atom. The second-order valence-electron chi connectivity index (χ2n) is 6.91. The van der Waals surface area contributed by atoms with Crippen LogP contribution in [0.1, 0.15) is 10.4 Å². The highest BCUT2D eigenvalue weighted by Gasteiger charge is 2.39. The van der Waals surface area contributed by atoms with Gasteiger partial charge in [-0.15, -0.1) is 0 Å². The number of nitrogens with zero attached hydrogens (tertiary/aromatic N) is 1. The molecule has 0 unspecified atom stereocenters. The quantitative estimate of drug-likeness (QED) is 0.321.